The molecular weight excluding hydrogens is 266 g/mol. The van der Waals surface area contributed by atoms with Gasteiger partial charge in [-0.1, -0.05) is 13.0 Å². The third-order valence-corrected chi connectivity index (χ3v) is 4.11. The van der Waals surface area contributed by atoms with Crippen LogP contribution in [0.2, 0.25) is 0 Å². The second kappa shape index (κ2) is 7.66. The summed E-state index contributed by atoms with van der Waals surface area (Å²) in [5, 5.41) is 3.57. The van der Waals surface area contributed by atoms with Gasteiger partial charge in [0.05, 0.1) is 13.7 Å². The highest BCUT2D eigenvalue weighted by atomic mass is 16.5. The third kappa shape index (κ3) is 4.61. The van der Waals surface area contributed by atoms with E-state index in [2.05, 4.69) is 24.4 Å². The summed E-state index contributed by atoms with van der Waals surface area (Å²) in [6.07, 6.45) is 2.26. The first-order valence-corrected chi connectivity index (χ1v) is 7.75. The van der Waals surface area contributed by atoms with Gasteiger partial charge in [-0.2, -0.15) is 0 Å². The lowest BCUT2D eigenvalue weighted by molar-refractivity contribution is 0.0240. The minimum Gasteiger partial charge on any atom is -0.493 e. The molecule has 1 aliphatic heterocycles. The van der Waals surface area contributed by atoms with Crippen molar-refractivity contribution in [1.82, 2.24) is 5.32 Å². The molecule has 0 spiro atoms. The Morgan fingerprint density at radius 2 is 2.00 bits per heavy atom. The van der Waals surface area contributed by atoms with Crippen LogP contribution in [-0.2, 0) is 11.3 Å². The summed E-state index contributed by atoms with van der Waals surface area (Å²) in [6.45, 7) is 8.60. The zero-order valence-electron chi connectivity index (χ0n) is 13.4. The second-order valence-electron chi connectivity index (χ2n) is 5.94. The lowest BCUT2D eigenvalue weighted by Gasteiger charge is -2.33. The van der Waals surface area contributed by atoms with Gasteiger partial charge in [0, 0.05) is 26.3 Å². The highest BCUT2D eigenvalue weighted by Crippen LogP contribution is 2.30. The Morgan fingerprint density at radius 1 is 1.24 bits per heavy atom. The molecule has 1 aliphatic rings. The molecular formula is C17H27NO3. The largest absolute Gasteiger partial charge is 0.493 e. The number of benzene rings is 1. The van der Waals surface area contributed by atoms with Crippen molar-refractivity contribution in [3.63, 3.8) is 0 Å². The van der Waals surface area contributed by atoms with Gasteiger partial charge in [0.15, 0.2) is 11.5 Å². The zero-order valence-corrected chi connectivity index (χ0v) is 13.4. The van der Waals surface area contributed by atoms with Gasteiger partial charge < -0.3 is 19.5 Å². The molecule has 1 aromatic carbocycles. The lowest BCUT2D eigenvalue weighted by Crippen LogP contribution is -2.36. The molecule has 118 valence electrons. The Balaban J connectivity index is 1.89. The molecule has 0 bridgehead atoms. The maximum absolute atomic E-state index is 5.62. The minimum absolute atomic E-state index is 0.355. The number of rotatable bonds is 7. The fraction of sp³-hybridized carbons (Fsp3) is 0.647. The average molecular weight is 293 g/mol. The fourth-order valence-electron chi connectivity index (χ4n) is 2.65. The monoisotopic (exact) mass is 293 g/mol. The van der Waals surface area contributed by atoms with Gasteiger partial charge in [0.2, 0.25) is 0 Å². The van der Waals surface area contributed by atoms with Crippen molar-refractivity contribution in [2.45, 2.75) is 33.2 Å². The highest BCUT2D eigenvalue weighted by Gasteiger charge is 2.26. The SMILES string of the molecule is CCOc1cc(CNCC2(C)CCOCC2)ccc1OC. The summed E-state index contributed by atoms with van der Waals surface area (Å²) in [5.74, 6) is 1.61. The van der Waals surface area contributed by atoms with Crippen molar-refractivity contribution in [1.29, 1.82) is 0 Å². The minimum atomic E-state index is 0.355. The van der Waals surface area contributed by atoms with Crippen LogP contribution in [0.25, 0.3) is 0 Å². The van der Waals surface area contributed by atoms with Crippen LogP contribution in [0.5, 0.6) is 11.5 Å². The molecule has 4 nitrogen and oxygen atoms in total. The van der Waals surface area contributed by atoms with E-state index in [1.165, 1.54) is 5.56 Å². The Morgan fingerprint density at radius 3 is 2.67 bits per heavy atom. The van der Waals surface area contributed by atoms with E-state index in [1.54, 1.807) is 7.11 Å². The summed E-state index contributed by atoms with van der Waals surface area (Å²) in [5.41, 5.74) is 1.57. The van der Waals surface area contributed by atoms with E-state index < -0.39 is 0 Å². The van der Waals surface area contributed by atoms with Crippen LogP contribution in [-0.4, -0.2) is 33.5 Å². The molecule has 1 N–H and O–H groups in total. The predicted octanol–water partition coefficient (Wildman–Crippen LogP) is 3.00. The second-order valence-corrected chi connectivity index (χ2v) is 5.94. The van der Waals surface area contributed by atoms with Crippen molar-refractivity contribution in [2.75, 3.05) is 33.5 Å². The molecule has 0 unspecified atom stereocenters. The third-order valence-electron chi connectivity index (χ3n) is 4.11. The van der Waals surface area contributed by atoms with E-state index in [0.29, 0.717) is 12.0 Å². The van der Waals surface area contributed by atoms with Crippen LogP contribution >= 0.6 is 0 Å². The average Bonchev–Trinajstić information content (AvgIpc) is 2.48. The lowest BCUT2D eigenvalue weighted by atomic mass is 9.82. The van der Waals surface area contributed by atoms with Crippen molar-refractivity contribution in [3.05, 3.63) is 23.8 Å². The molecule has 0 atom stereocenters. The Kier molecular flexibility index (Phi) is 5.88. The fourth-order valence-corrected chi connectivity index (χ4v) is 2.65. The summed E-state index contributed by atoms with van der Waals surface area (Å²) in [7, 11) is 1.67. The van der Waals surface area contributed by atoms with Gasteiger partial charge in [-0.05, 0) is 42.9 Å². The van der Waals surface area contributed by atoms with Crippen molar-refractivity contribution >= 4 is 0 Å². The van der Waals surface area contributed by atoms with Gasteiger partial charge in [-0.15, -0.1) is 0 Å². The Bertz CT molecular complexity index is 442. The molecule has 21 heavy (non-hydrogen) atoms. The quantitative estimate of drug-likeness (QED) is 0.839. The first kappa shape index (κ1) is 16.1. The maximum atomic E-state index is 5.62. The van der Waals surface area contributed by atoms with Crippen LogP contribution < -0.4 is 14.8 Å². The molecule has 0 amide bonds. The molecule has 2 rings (SSSR count). The summed E-state index contributed by atoms with van der Waals surface area (Å²) >= 11 is 0. The highest BCUT2D eigenvalue weighted by molar-refractivity contribution is 5.42. The summed E-state index contributed by atoms with van der Waals surface area (Å²) in [6, 6.07) is 6.11. The standard InChI is InChI=1S/C17H27NO3/c1-4-21-16-11-14(5-6-15(16)19-3)12-18-13-17(2)7-9-20-10-8-17/h5-6,11,18H,4,7-10,12-13H2,1-3H3. The normalized spacial score (nSPS) is 17.5. The molecule has 0 aliphatic carbocycles. The summed E-state index contributed by atoms with van der Waals surface area (Å²) < 4.78 is 16.4. The van der Waals surface area contributed by atoms with Gasteiger partial charge in [-0.25, -0.2) is 0 Å². The van der Waals surface area contributed by atoms with Crippen LogP contribution in [0.3, 0.4) is 0 Å². The smallest absolute Gasteiger partial charge is 0.161 e. The molecule has 1 aromatic rings. The van der Waals surface area contributed by atoms with E-state index in [1.807, 2.05) is 13.0 Å². The van der Waals surface area contributed by atoms with Crippen LogP contribution in [0.4, 0.5) is 0 Å². The van der Waals surface area contributed by atoms with Gasteiger partial charge in [0.25, 0.3) is 0 Å². The molecule has 4 heteroatoms. The predicted molar refractivity (Wildman–Crippen MR) is 84.0 cm³/mol. The number of methoxy groups -OCH3 is 1. The first-order chi connectivity index (χ1) is 10.2. The molecule has 0 saturated carbocycles. The molecule has 1 saturated heterocycles. The van der Waals surface area contributed by atoms with Crippen LogP contribution in [0.15, 0.2) is 18.2 Å². The van der Waals surface area contributed by atoms with Crippen molar-refractivity contribution in [3.8, 4) is 11.5 Å². The van der Waals surface area contributed by atoms with E-state index in [-0.39, 0.29) is 0 Å². The van der Waals surface area contributed by atoms with Crippen molar-refractivity contribution in [2.24, 2.45) is 5.41 Å². The maximum Gasteiger partial charge on any atom is 0.161 e. The molecule has 1 fully saturated rings. The van der Waals surface area contributed by atoms with E-state index in [4.69, 9.17) is 14.2 Å². The van der Waals surface area contributed by atoms with Gasteiger partial charge >= 0.3 is 0 Å². The number of ether oxygens (including phenoxy) is 3. The van der Waals surface area contributed by atoms with Crippen LogP contribution in [0, 0.1) is 5.41 Å². The molecule has 1 heterocycles. The van der Waals surface area contributed by atoms with E-state index in [9.17, 15) is 0 Å². The number of hydrogen-bond acceptors (Lipinski definition) is 4. The number of nitrogens with one attached hydrogen (secondary N) is 1. The van der Waals surface area contributed by atoms with Gasteiger partial charge in [-0.3, -0.25) is 0 Å². The zero-order chi connectivity index (χ0) is 15.1. The Hall–Kier alpha value is -1.26. The van der Waals surface area contributed by atoms with E-state index >= 15 is 0 Å². The topological polar surface area (TPSA) is 39.7 Å². The van der Waals surface area contributed by atoms with Crippen molar-refractivity contribution < 1.29 is 14.2 Å². The van der Waals surface area contributed by atoms with E-state index in [0.717, 1.165) is 50.6 Å². The van der Waals surface area contributed by atoms with Crippen LogP contribution in [0.1, 0.15) is 32.3 Å². The summed E-state index contributed by atoms with van der Waals surface area (Å²) in [4.78, 5) is 0. The van der Waals surface area contributed by atoms with Gasteiger partial charge in [0.1, 0.15) is 0 Å². The molecule has 0 aromatic heterocycles. The molecule has 0 radical (unpaired) electrons. The number of hydrogen-bond donors (Lipinski definition) is 1. The Labute approximate surface area is 127 Å². The first-order valence-electron chi connectivity index (χ1n) is 7.75.